The molecule has 1 aliphatic heterocycles. The predicted octanol–water partition coefficient (Wildman–Crippen LogP) is 3.81. The van der Waals surface area contributed by atoms with Crippen LogP contribution in [0.2, 0.25) is 0 Å². The van der Waals surface area contributed by atoms with Crippen molar-refractivity contribution in [1.82, 2.24) is 0 Å². The molecule has 0 spiro atoms. The van der Waals surface area contributed by atoms with Gasteiger partial charge in [-0.1, -0.05) is 47.8 Å². The summed E-state index contributed by atoms with van der Waals surface area (Å²) in [6.07, 6.45) is 4.12. The van der Waals surface area contributed by atoms with Crippen LogP contribution < -0.4 is 5.32 Å². The van der Waals surface area contributed by atoms with Crippen molar-refractivity contribution in [2.24, 2.45) is 0 Å². The Kier molecular flexibility index (Phi) is 3.64. The molecule has 2 rings (SSSR count). The zero-order chi connectivity index (χ0) is 11.5. The summed E-state index contributed by atoms with van der Waals surface area (Å²) in [7, 11) is 0. The first-order chi connectivity index (χ1) is 7.70. The number of alkyl halides is 1. The van der Waals surface area contributed by atoms with Crippen molar-refractivity contribution in [3.05, 3.63) is 29.3 Å². The van der Waals surface area contributed by atoms with Gasteiger partial charge in [-0.2, -0.15) is 0 Å². The first kappa shape index (κ1) is 11.6. The van der Waals surface area contributed by atoms with Gasteiger partial charge in [0.25, 0.3) is 0 Å². The van der Waals surface area contributed by atoms with Crippen LogP contribution in [0.15, 0.2) is 18.2 Å². The largest absolute Gasteiger partial charge is 0.326 e. The van der Waals surface area contributed by atoms with E-state index in [0.717, 1.165) is 17.7 Å². The number of anilines is 1. The summed E-state index contributed by atoms with van der Waals surface area (Å²) in [4.78, 5) is 11.6. The summed E-state index contributed by atoms with van der Waals surface area (Å²) < 4.78 is 0. The van der Waals surface area contributed by atoms with E-state index >= 15 is 0 Å². The lowest BCUT2D eigenvalue weighted by Crippen LogP contribution is -2.03. The number of carbonyl (C=O) groups is 1. The first-order valence-electron chi connectivity index (χ1n) is 5.77. The molecule has 86 valence electrons. The van der Waals surface area contributed by atoms with Crippen LogP contribution in [0.3, 0.4) is 0 Å². The van der Waals surface area contributed by atoms with Gasteiger partial charge < -0.3 is 5.32 Å². The number of fused-ring (bicyclic) bond motifs is 1. The van der Waals surface area contributed by atoms with Crippen LogP contribution in [-0.2, 0) is 11.2 Å². The maximum absolute atomic E-state index is 11.2. The fourth-order valence-electron chi connectivity index (χ4n) is 1.99. The number of rotatable bonds is 4. The molecule has 2 nitrogen and oxygen atoms in total. The molecule has 1 unspecified atom stereocenters. The van der Waals surface area contributed by atoms with Gasteiger partial charge in [0.15, 0.2) is 0 Å². The number of amides is 1. The summed E-state index contributed by atoms with van der Waals surface area (Å²) in [5, 5.41) is 2.85. The van der Waals surface area contributed by atoms with E-state index < -0.39 is 0 Å². The van der Waals surface area contributed by atoms with Crippen LogP contribution in [0.25, 0.3) is 0 Å². The second-order valence-corrected chi connectivity index (χ2v) is 5.36. The van der Waals surface area contributed by atoms with Gasteiger partial charge in [0.1, 0.15) is 0 Å². The molecule has 0 aromatic heterocycles. The van der Waals surface area contributed by atoms with Gasteiger partial charge in [0.05, 0.1) is 6.42 Å². The average Bonchev–Trinajstić information content (AvgIpc) is 2.64. The highest BCUT2D eigenvalue weighted by molar-refractivity contribution is 9.09. The number of carbonyl (C=O) groups excluding carboxylic acids is 1. The molecule has 0 fully saturated rings. The molecule has 0 radical (unpaired) electrons. The number of hydrogen-bond donors (Lipinski definition) is 1. The lowest BCUT2D eigenvalue weighted by Gasteiger charge is -2.10. The van der Waals surface area contributed by atoms with E-state index in [-0.39, 0.29) is 5.91 Å². The summed E-state index contributed by atoms with van der Waals surface area (Å²) in [6.45, 7) is 2.20. The second-order valence-electron chi connectivity index (χ2n) is 4.25. The van der Waals surface area contributed by atoms with Crippen molar-refractivity contribution < 1.29 is 4.79 Å². The third kappa shape index (κ3) is 2.46. The SMILES string of the molecule is CCCCC(Br)c1ccc2c(c1)CC(=O)N2. The van der Waals surface area contributed by atoms with Crippen molar-refractivity contribution in [1.29, 1.82) is 0 Å². The van der Waals surface area contributed by atoms with E-state index in [0.29, 0.717) is 11.2 Å². The number of unbranched alkanes of at least 4 members (excludes halogenated alkanes) is 1. The first-order valence-corrected chi connectivity index (χ1v) is 6.69. The zero-order valence-electron chi connectivity index (χ0n) is 9.42. The monoisotopic (exact) mass is 281 g/mol. The minimum Gasteiger partial charge on any atom is -0.326 e. The molecule has 16 heavy (non-hydrogen) atoms. The van der Waals surface area contributed by atoms with Crippen molar-refractivity contribution >= 4 is 27.5 Å². The van der Waals surface area contributed by atoms with Gasteiger partial charge in [0.2, 0.25) is 5.91 Å². The van der Waals surface area contributed by atoms with Gasteiger partial charge in [0, 0.05) is 10.5 Å². The van der Waals surface area contributed by atoms with Gasteiger partial charge in [-0.3, -0.25) is 4.79 Å². The summed E-state index contributed by atoms with van der Waals surface area (Å²) in [6, 6.07) is 6.25. The number of halogens is 1. The molecular weight excluding hydrogens is 266 g/mol. The average molecular weight is 282 g/mol. The molecular formula is C13H16BrNO. The Labute approximate surface area is 105 Å². The lowest BCUT2D eigenvalue weighted by molar-refractivity contribution is -0.115. The standard InChI is InChI=1S/C13H16BrNO/c1-2-3-4-11(14)9-5-6-12-10(7-9)8-13(16)15-12/h5-7,11H,2-4,8H2,1H3,(H,15,16). The van der Waals surface area contributed by atoms with Crippen LogP contribution in [0.5, 0.6) is 0 Å². The molecule has 3 heteroatoms. The van der Waals surface area contributed by atoms with Gasteiger partial charge in [-0.15, -0.1) is 0 Å². The van der Waals surface area contributed by atoms with E-state index in [1.807, 2.05) is 6.07 Å². The maximum Gasteiger partial charge on any atom is 0.228 e. The normalized spacial score (nSPS) is 15.8. The maximum atomic E-state index is 11.2. The highest BCUT2D eigenvalue weighted by Crippen LogP contribution is 2.32. The van der Waals surface area contributed by atoms with E-state index in [1.165, 1.54) is 18.4 Å². The fraction of sp³-hybridized carbons (Fsp3) is 0.462. The molecule has 1 heterocycles. The summed E-state index contributed by atoms with van der Waals surface area (Å²) in [5.74, 6) is 0.104. The number of benzene rings is 1. The van der Waals surface area contributed by atoms with Crippen molar-refractivity contribution in [3.63, 3.8) is 0 Å². The minimum atomic E-state index is 0.104. The molecule has 0 aliphatic carbocycles. The van der Waals surface area contributed by atoms with E-state index in [1.54, 1.807) is 0 Å². The van der Waals surface area contributed by atoms with Crippen molar-refractivity contribution in [2.75, 3.05) is 5.32 Å². The Bertz CT molecular complexity index is 403. The third-order valence-corrected chi connectivity index (χ3v) is 3.91. The number of nitrogens with one attached hydrogen (secondary N) is 1. The van der Waals surface area contributed by atoms with Crippen LogP contribution >= 0.6 is 15.9 Å². The van der Waals surface area contributed by atoms with E-state index in [9.17, 15) is 4.79 Å². The van der Waals surface area contributed by atoms with E-state index in [4.69, 9.17) is 0 Å². The highest BCUT2D eigenvalue weighted by atomic mass is 79.9. The topological polar surface area (TPSA) is 29.1 Å². The quantitative estimate of drug-likeness (QED) is 0.836. The second kappa shape index (κ2) is 5.00. The molecule has 0 bridgehead atoms. The minimum absolute atomic E-state index is 0.104. The Morgan fingerprint density at radius 2 is 2.31 bits per heavy atom. The van der Waals surface area contributed by atoms with Gasteiger partial charge in [-0.25, -0.2) is 0 Å². The van der Waals surface area contributed by atoms with Crippen LogP contribution in [0.4, 0.5) is 5.69 Å². The third-order valence-electron chi connectivity index (χ3n) is 2.93. The molecule has 1 atom stereocenters. The Hall–Kier alpha value is -0.830. The molecule has 1 aliphatic rings. The fourth-order valence-corrected chi connectivity index (χ4v) is 2.60. The van der Waals surface area contributed by atoms with Crippen molar-refractivity contribution in [2.45, 2.75) is 37.4 Å². The molecule has 1 N–H and O–H groups in total. The van der Waals surface area contributed by atoms with Gasteiger partial charge >= 0.3 is 0 Å². The zero-order valence-corrected chi connectivity index (χ0v) is 11.0. The van der Waals surface area contributed by atoms with Crippen molar-refractivity contribution in [3.8, 4) is 0 Å². The Balaban J connectivity index is 2.12. The predicted molar refractivity (Wildman–Crippen MR) is 70.0 cm³/mol. The molecule has 0 saturated heterocycles. The van der Waals surface area contributed by atoms with Gasteiger partial charge in [-0.05, 0) is 23.6 Å². The Morgan fingerprint density at radius 1 is 1.50 bits per heavy atom. The van der Waals surface area contributed by atoms with Crippen LogP contribution in [-0.4, -0.2) is 5.91 Å². The molecule has 1 amide bonds. The molecule has 1 aromatic rings. The van der Waals surface area contributed by atoms with Crippen LogP contribution in [0, 0.1) is 0 Å². The molecule has 0 saturated carbocycles. The summed E-state index contributed by atoms with van der Waals surface area (Å²) in [5.41, 5.74) is 3.39. The summed E-state index contributed by atoms with van der Waals surface area (Å²) >= 11 is 3.71. The smallest absolute Gasteiger partial charge is 0.228 e. The lowest BCUT2D eigenvalue weighted by atomic mass is 10.0. The highest BCUT2D eigenvalue weighted by Gasteiger charge is 2.18. The van der Waals surface area contributed by atoms with E-state index in [2.05, 4.69) is 40.3 Å². The molecule has 1 aromatic carbocycles. The Morgan fingerprint density at radius 3 is 3.06 bits per heavy atom. The van der Waals surface area contributed by atoms with Crippen LogP contribution in [0.1, 0.15) is 42.1 Å². The number of hydrogen-bond acceptors (Lipinski definition) is 1.